The Bertz CT molecular complexity index is 6350. The van der Waals surface area contributed by atoms with E-state index in [1.165, 1.54) is 97.6 Å². The van der Waals surface area contributed by atoms with Gasteiger partial charge in [0.15, 0.2) is 0 Å². The maximum absolute atomic E-state index is 10.8. The van der Waals surface area contributed by atoms with Gasteiger partial charge in [-0.15, -0.1) is 0 Å². The number of aliphatic hydroxyl groups is 3. The second kappa shape index (κ2) is 55.2. The van der Waals surface area contributed by atoms with E-state index in [9.17, 15) is 14.4 Å². The summed E-state index contributed by atoms with van der Waals surface area (Å²) in [5, 5.41) is 33.7. The predicted molar refractivity (Wildman–Crippen MR) is 545 cm³/mol. The number of rotatable bonds is 23. The molecule has 633 valence electrons. The Morgan fingerprint density at radius 1 is 0.213 bits per heavy atom. The van der Waals surface area contributed by atoms with Gasteiger partial charge in [0.05, 0.1) is 0 Å². The molecule has 0 saturated carbocycles. The molecule has 21 aromatic heterocycles. The number of aliphatic hydroxyl groups excluding tert-OH is 3. The third-order valence-electron chi connectivity index (χ3n) is 17.5. The number of carbonyl (C=O) groups excluding carboxylic acids is 3. The van der Waals surface area contributed by atoms with Gasteiger partial charge in [-0.3, -0.25) is 0 Å². The van der Waals surface area contributed by atoms with E-state index in [1.807, 2.05) is 18.2 Å². The zero-order chi connectivity index (χ0) is 86.8. The van der Waals surface area contributed by atoms with Gasteiger partial charge < -0.3 is 11.8 Å². The van der Waals surface area contributed by atoms with Crippen LogP contribution in [0, 0.1) is 11.8 Å². The predicted octanol–water partition coefficient (Wildman–Crippen LogP) is 8.35. The summed E-state index contributed by atoms with van der Waals surface area (Å²) in [5.41, 5.74) is 17.1. The molecule has 0 aliphatic heterocycles. The molecule has 0 aromatic carbocycles. The Hall–Kier alpha value is -0.686. The molecule has 9 N–H and O–H groups in total. The van der Waals surface area contributed by atoms with Crippen LogP contribution in [0.2, 0.25) is 0 Å². The first-order chi connectivity index (χ1) is 61.4. The fraction of sp³-hybridized carbons (Fsp3) is 0.0638. The third-order valence-corrected chi connectivity index (χ3v) is 73.8. The molecule has 21 rings (SSSR count). The van der Waals surface area contributed by atoms with Gasteiger partial charge in [0.25, 0.3) is 0 Å². The standard InChI is InChI=1S/C14H14N2Se3.C14H12O2Se3.C14H8O2Se3.C13H11NSe3.C13H10OSe3.C13H8OSe3.C12H8Se3.CN.B.Na/c3*15-7-9-1-3-11(17-9)13-5-6-14(19-13)12-4-2-10(8-16)18-12;3*14-8-9-3-4-12(16-9)13-6-5-11(17-13)10-2-1-7-15-10;1-3-9(13-7-1)11-5-6-12(15-11)10-4-2-8-14-10;1-2;;/h1-6H,7-8,15-16H2;1-6,15-16H,7-8H2;1-8H;1-7H,8,14H2;1-7,14H,8H2;1-8H;1-8H;;;/q;;;;;;;-1;;+1. The molecule has 33 heteroatoms. The Morgan fingerprint density at radius 3 is 0.488 bits per heavy atom. The van der Waals surface area contributed by atoms with Crippen molar-refractivity contribution in [2.75, 3.05) is 0 Å². The topological polar surface area (TPSA) is 214 Å². The van der Waals surface area contributed by atoms with Crippen LogP contribution in [0.25, 0.3) is 124 Å². The van der Waals surface area contributed by atoms with Crippen LogP contribution in [0.1, 0.15) is 54.3 Å². The number of nitrogens with zero attached hydrogens (tertiary/aromatic N) is 1. The number of hydrogen-bond donors (Lipinski definition) is 6. The van der Waals surface area contributed by atoms with Crippen LogP contribution in [0.3, 0.4) is 0 Å². The van der Waals surface area contributed by atoms with E-state index in [2.05, 4.69) is 261 Å². The van der Waals surface area contributed by atoms with Gasteiger partial charge in [0, 0.05) is 8.41 Å². The summed E-state index contributed by atoms with van der Waals surface area (Å²) >= 11 is 9.06. The van der Waals surface area contributed by atoms with Crippen molar-refractivity contribution in [3.63, 3.8) is 0 Å². The molecule has 21 aromatic rings. The van der Waals surface area contributed by atoms with Crippen LogP contribution in [-0.4, -0.2) is 347 Å². The molecule has 0 aliphatic rings. The van der Waals surface area contributed by atoms with Crippen molar-refractivity contribution < 1.29 is 59.3 Å². The number of aldehydes is 3. The van der Waals surface area contributed by atoms with Crippen LogP contribution in [0.5, 0.6) is 0 Å². The van der Waals surface area contributed by atoms with Crippen LogP contribution in [-0.2, 0) is 39.5 Å². The minimum atomic E-state index is 0. The molecular weight excluding hydrogens is 2970 g/mol. The number of carbonyl (C=O) groups is 3. The summed E-state index contributed by atoms with van der Waals surface area (Å²) in [4.78, 5) is 43.7. The van der Waals surface area contributed by atoms with Crippen LogP contribution >= 0.6 is 0 Å². The Labute approximate surface area is 888 Å². The van der Waals surface area contributed by atoms with E-state index in [0.29, 0.717) is 274 Å². The van der Waals surface area contributed by atoms with E-state index in [4.69, 9.17) is 44.4 Å². The molecule has 0 saturated heterocycles. The second-order valence-corrected chi connectivity index (χ2v) is 73.3. The van der Waals surface area contributed by atoms with Crippen molar-refractivity contribution in [3.05, 3.63) is 326 Å². The summed E-state index contributed by atoms with van der Waals surface area (Å²) < 4.78 is 52.5. The maximum atomic E-state index is 10.8. The van der Waals surface area contributed by atoms with Gasteiger partial charge in [-0.2, -0.15) is 0 Å². The Morgan fingerprint density at radius 2 is 0.354 bits per heavy atom. The number of nitrogens with two attached hydrogens (primary N) is 3. The SMILES string of the molecule is NCc1ccc(-c2ccc(-c3ccc(CN)[se]3)[se]2)[se]1.NCc1ccc(-c2ccc(-c3ccc[se]3)[se]2)[se]1.O=Cc1ccc(-c2ccc(-c3ccc(C=O)[se]3)[se]2)[se]1.O=Cc1ccc(-c2ccc(-c3ccc[se]3)[se]2)[se]1.OCc1ccc(-c2ccc(-c3ccc(CO)[se]3)[se]2)[se]1.OCc1ccc(-c2ccc(-c3ccc[se]3)[se]2)[se]1.[B].[C-]#N.[Na+].c1c[se]c(-c2ccc(-c3ccc[se]3)[se]2)c1. The first-order valence-corrected chi connectivity index (χ1v) is 74.3. The molecule has 3 radical (unpaired) electrons. The van der Waals surface area contributed by atoms with E-state index >= 15 is 0 Å². The van der Waals surface area contributed by atoms with Gasteiger partial charge in [-0.05, 0) is 0 Å². The molecule has 0 atom stereocenters. The average Bonchev–Trinajstić information content (AvgIpc) is 1.53. The van der Waals surface area contributed by atoms with Crippen molar-refractivity contribution in [3.8, 4) is 124 Å². The Balaban J connectivity index is 0.000000134. The van der Waals surface area contributed by atoms with Crippen LogP contribution in [0.4, 0.5) is 0 Å². The van der Waals surface area contributed by atoms with Gasteiger partial charge in [0.1, 0.15) is 0 Å². The van der Waals surface area contributed by atoms with E-state index in [0.717, 1.165) is 38.7 Å². The molecule has 0 aliphatic carbocycles. The van der Waals surface area contributed by atoms with E-state index < -0.39 is 0 Å². The summed E-state index contributed by atoms with van der Waals surface area (Å²) in [7, 11) is 0. The molecule has 21 heterocycles. The van der Waals surface area contributed by atoms with E-state index in [-0.39, 0.29) is 101 Å². The van der Waals surface area contributed by atoms with Crippen molar-refractivity contribution in [1.29, 1.82) is 5.26 Å². The van der Waals surface area contributed by atoms with Crippen LogP contribution in [0.15, 0.2) is 279 Å². The molecule has 0 unspecified atom stereocenters. The van der Waals surface area contributed by atoms with Gasteiger partial charge >= 0.3 is 883 Å². The first kappa shape index (κ1) is 105. The van der Waals surface area contributed by atoms with Gasteiger partial charge in [0.2, 0.25) is 0 Å². The normalized spacial score (nSPS) is 10.5. The van der Waals surface area contributed by atoms with Crippen LogP contribution < -0.4 is 46.8 Å². The average molecular weight is 3040 g/mol. The quantitative estimate of drug-likeness (QED) is 0.0205. The zero-order valence-electron chi connectivity index (χ0n) is 67.0. The molecule has 0 bridgehead atoms. The summed E-state index contributed by atoms with van der Waals surface area (Å²) in [5.74, 6) is 0. The first-order valence-electron chi connectivity index (χ1n) is 37.7. The molecule has 0 fully saturated rings. The van der Waals surface area contributed by atoms with E-state index in [1.54, 1.807) is 53.2 Å². The fourth-order valence-corrected chi connectivity index (χ4v) is 58.6. The molecular formula is C94H71BN4NaO6Se21. The van der Waals surface area contributed by atoms with Gasteiger partial charge in [-0.25, -0.2) is 0 Å². The molecule has 127 heavy (non-hydrogen) atoms. The second-order valence-electron chi connectivity index (χ2n) is 25.7. The third kappa shape index (κ3) is 29.9. The monoisotopic (exact) mass is 3060 g/mol. The summed E-state index contributed by atoms with van der Waals surface area (Å²) in [6, 6.07) is 92.5. The summed E-state index contributed by atoms with van der Waals surface area (Å²) in [6.07, 6.45) is 2.92. The fourth-order valence-electron chi connectivity index (χ4n) is 11.6. The van der Waals surface area contributed by atoms with Crippen molar-refractivity contribution in [2.24, 2.45) is 17.2 Å². The van der Waals surface area contributed by atoms with Crippen molar-refractivity contribution in [2.45, 2.75) is 39.5 Å². The molecule has 0 amide bonds. The molecule has 0 spiro atoms. The van der Waals surface area contributed by atoms with Crippen molar-refractivity contribution in [1.82, 2.24) is 0 Å². The van der Waals surface area contributed by atoms with Crippen molar-refractivity contribution >= 4 is 332 Å². The number of hydrogen-bond acceptors (Lipinski definition) is 10. The zero-order valence-corrected chi connectivity index (χ0v) is 105. The Kier molecular flexibility index (Phi) is 45.7. The summed E-state index contributed by atoms with van der Waals surface area (Å²) in [6.45, 7) is 7.49. The minimum absolute atomic E-state index is 0. The van der Waals surface area contributed by atoms with Gasteiger partial charge in [-0.1, -0.05) is 0 Å². The molecule has 10 nitrogen and oxygen atoms in total.